The summed E-state index contributed by atoms with van der Waals surface area (Å²) in [5.41, 5.74) is -0.680. The molecule has 1 heterocycles. The molecular weight excluding hydrogens is 361 g/mol. The first-order chi connectivity index (χ1) is 11.1. The molecule has 0 saturated carbocycles. The van der Waals surface area contributed by atoms with Crippen LogP contribution in [-0.4, -0.2) is 58.2 Å². The molecule has 0 aromatic carbocycles. The number of carboxylic acid groups (broad SMARTS) is 1. The molecular formula is C15H27Cl2NO6. The zero-order valence-electron chi connectivity index (χ0n) is 14.8. The second-order valence-corrected chi connectivity index (χ2v) is 6.12. The molecule has 1 rings (SSSR count). The monoisotopic (exact) mass is 387 g/mol. The van der Waals surface area contributed by atoms with Crippen LogP contribution in [-0.2, 0) is 19.1 Å². The van der Waals surface area contributed by atoms with Crippen molar-refractivity contribution in [3.8, 4) is 0 Å². The maximum Gasteiger partial charge on any atom is 0.413 e. The molecule has 1 unspecified atom stereocenters. The molecule has 7 nitrogen and oxygen atoms in total. The first kappa shape index (κ1) is 25.0. The lowest BCUT2D eigenvalue weighted by Crippen LogP contribution is -2.41. The Labute approximate surface area is 153 Å². The molecule has 1 aliphatic heterocycles. The third-order valence-corrected chi connectivity index (χ3v) is 2.90. The number of carboxylic acids is 1. The topological polar surface area (TPSA) is 93.1 Å². The summed E-state index contributed by atoms with van der Waals surface area (Å²) in [7, 11) is 0. The second-order valence-electron chi connectivity index (χ2n) is 5.37. The highest BCUT2D eigenvalue weighted by Gasteiger charge is 2.39. The van der Waals surface area contributed by atoms with Crippen LogP contribution in [0.1, 0.15) is 47.5 Å². The Balaban J connectivity index is 0. The van der Waals surface area contributed by atoms with Gasteiger partial charge in [-0.05, 0) is 27.2 Å². The van der Waals surface area contributed by atoms with Crippen molar-refractivity contribution in [3.63, 3.8) is 0 Å². The molecule has 1 fully saturated rings. The van der Waals surface area contributed by atoms with E-state index in [4.69, 9.17) is 37.8 Å². The van der Waals surface area contributed by atoms with E-state index in [0.717, 1.165) is 4.90 Å². The molecule has 1 atom stereocenters. The number of cyclic esters (lactones) is 1. The van der Waals surface area contributed by atoms with Crippen molar-refractivity contribution < 1.29 is 29.0 Å². The molecule has 0 aromatic rings. The lowest BCUT2D eigenvalue weighted by molar-refractivity contribution is -0.140. The minimum Gasteiger partial charge on any atom is -0.481 e. The molecule has 0 spiro atoms. The van der Waals surface area contributed by atoms with Gasteiger partial charge in [-0.1, -0.05) is 13.8 Å². The average Bonchev–Trinajstić information content (AvgIpc) is 2.87. The van der Waals surface area contributed by atoms with Crippen LogP contribution >= 0.6 is 23.2 Å². The lowest BCUT2D eigenvalue weighted by Gasteiger charge is -2.25. The maximum atomic E-state index is 11.8. The summed E-state index contributed by atoms with van der Waals surface area (Å²) in [4.78, 5) is 34.8. The number of amides is 1. The highest BCUT2D eigenvalue weighted by molar-refractivity contribution is 6.25. The zero-order chi connectivity index (χ0) is 19.3. The van der Waals surface area contributed by atoms with Gasteiger partial charge in [0.05, 0.1) is 0 Å². The van der Waals surface area contributed by atoms with Crippen molar-refractivity contribution in [1.29, 1.82) is 0 Å². The molecule has 0 radical (unpaired) electrons. The van der Waals surface area contributed by atoms with Crippen molar-refractivity contribution in [2.75, 3.05) is 18.5 Å². The van der Waals surface area contributed by atoms with Crippen LogP contribution in [0.5, 0.6) is 0 Å². The van der Waals surface area contributed by atoms with Crippen molar-refractivity contribution >= 4 is 41.2 Å². The number of rotatable bonds is 4. The Kier molecular flexibility index (Phi) is 13.7. The van der Waals surface area contributed by atoms with Gasteiger partial charge in [-0.2, -0.15) is 0 Å². The summed E-state index contributed by atoms with van der Waals surface area (Å²) in [5.74, 6) is -0.510. The minimum absolute atomic E-state index is 0.0212. The predicted molar refractivity (Wildman–Crippen MR) is 92.5 cm³/mol. The van der Waals surface area contributed by atoms with E-state index in [1.165, 1.54) is 0 Å². The Morgan fingerprint density at radius 1 is 1.29 bits per heavy atom. The normalized spacial score (nSPS) is 16.2. The van der Waals surface area contributed by atoms with Crippen LogP contribution < -0.4 is 0 Å². The van der Waals surface area contributed by atoms with Crippen molar-refractivity contribution in [2.45, 2.75) is 59.1 Å². The number of hydrogen-bond acceptors (Lipinski definition) is 5. The number of alkyl halides is 2. The van der Waals surface area contributed by atoms with E-state index in [-0.39, 0.29) is 19.6 Å². The van der Waals surface area contributed by atoms with Gasteiger partial charge < -0.3 is 14.6 Å². The van der Waals surface area contributed by atoms with E-state index < -0.39 is 29.7 Å². The fourth-order valence-corrected chi connectivity index (χ4v) is 1.48. The minimum atomic E-state index is -1.03. The molecule has 142 valence electrons. The van der Waals surface area contributed by atoms with Gasteiger partial charge in [0, 0.05) is 18.2 Å². The van der Waals surface area contributed by atoms with Crippen LogP contribution in [0.2, 0.25) is 0 Å². The van der Waals surface area contributed by atoms with E-state index in [1.807, 2.05) is 13.8 Å². The first-order valence-corrected chi connectivity index (χ1v) is 8.69. The van der Waals surface area contributed by atoms with Gasteiger partial charge in [-0.25, -0.2) is 9.59 Å². The van der Waals surface area contributed by atoms with Crippen molar-refractivity contribution in [3.05, 3.63) is 0 Å². The largest absolute Gasteiger partial charge is 0.481 e. The second kappa shape index (κ2) is 13.1. The summed E-state index contributed by atoms with van der Waals surface area (Å²) in [6.07, 6.45) is -0.865. The van der Waals surface area contributed by atoms with Gasteiger partial charge in [-0.15, -0.1) is 23.2 Å². The van der Waals surface area contributed by atoms with Crippen molar-refractivity contribution in [1.82, 2.24) is 4.90 Å². The van der Waals surface area contributed by atoms with Gasteiger partial charge in [0.25, 0.3) is 0 Å². The molecule has 0 aliphatic carbocycles. The predicted octanol–water partition coefficient (Wildman–Crippen LogP) is 3.46. The van der Waals surface area contributed by atoms with Crippen LogP contribution in [0, 0.1) is 0 Å². The summed E-state index contributed by atoms with van der Waals surface area (Å²) in [5, 5.41) is 8.58. The highest BCUT2D eigenvalue weighted by atomic mass is 35.5. The van der Waals surface area contributed by atoms with Gasteiger partial charge in [0.2, 0.25) is 0 Å². The molecule has 24 heavy (non-hydrogen) atoms. The van der Waals surface area contributed by atoms with Gasteiger partial charge in [-0.3, -0.25) is 9.69 Å². The maximum absolute atomic E-state index is 11.8. The fraction of sp³-hybridized carbons (Fsp3) is 0.800. The molecule has 0 bridgehead atoms. The van der Waals surface area contributed by atoms with Crippen molar-refractivity contribution in [2.24, 2.45) is 0 Å². The van der Waals surface area contributed by atoms with Gasteiger partial charge in [0.1, 0.15) is 11.6 Å². The first-order valence-electron chi connectivity index (χ1n) is 7.62. The van der Waals surface area contributed by atoms with E-state index in [0.29, 0.717) is 11.8 Å². The van der Waals surface area contributed by atoms with E-state index in [9.17, 15) is 14.4 Å². The number of halogens is 2. The van der Waals surface area contributed by atoms with Crippen LogP contribution in [0.4, 0.5) is 4.79 Å². The highest BCUT2D eigenvalue weighted by Crippen LogP contribution is 2.20. The quantitative estimate of drug-likeness (QED) is 0.586. The molecule has 1 amide bonds. The van der Waals surface area contributed by atoms with Crippen LogP contribution in [0.3, 0.4) is 0 Å². The summed E-state index contributed by atoms with van der Waals surface area (Å²) >= 11 is 10.1. The Morgan fingerprint density at radius 3 is 2.17 bits per heavy atom. The Bertz CT molecular complexity index is 396. The molecule has 1 aliphatic rings. The van der Waals surface area contributed by atoms with Gasteiger partial charge >= 0.3 is 18.0 Å². The number of esters is 1. The lowest BCUT2D eigenvalue weighted by atomic mass is 10.1. The average molecular weight is 388 g/mol. The third kappa shape index (κ3) is 11.3. The van der Waals surface area contributed by atoms with E-state index in [1.54, 1.807) is 20.8 Å². The number of nitrogens with zero attached hydrogens (tertiary/aromatic N) is 1. The smallest absolute Gasteiger partial charge is 0.413 e. The summed E-state index contributed by atoms with van der Waals surface area (Å²) < 4.78 is 9.85. The number of carbonyl (C=O) groups excluding carboxylic acids is 2. The van der Waals surface area contributed by atoms with E-state index in [2.05, 4.69) is 0 Å². The zero-order valence-corrected chi connectivity index (χ0v) is 16.3. The van der Waals surface area contributed by atoms with E-state index >= 15 is 0 Å². The Morgan fingerprint density at radius 2 is 1.79 bits per heavy atom. The standard InChI is InChI=1S/C11H17NO6.C2H4Cl2.C2H6/c1-11(2,3)18-10(16)12-6-17-9(15)7(12)4-5-8(13)14;3-1-2-4;1-2/h7H,4-6H2,1-3H3,(H,13,14);1-2H2;1-2H3. The summed E-state index contributed by atoms with van der Waals surface area (Å²) in [6.45, 7) is 8.92. The third-order valence-electron chi connectivity index (χ3n) is 2.33. The number of ether oxygens (including phenoxy) is 2. The SMILES string of the molecule is CC.CC(C)(C)OC(=O)N1COC(=O)C1CCC(=O)O.ClCCCl. The number of hydrogen-bond donors (Lipinski definition) is 1. The molecule has 1 N–H and O–H groups in total. The molecule has 9 heteroatoms. The fourth-order valence-electron chi connectivity index (χ4n) is 1.48. The van der Waals surface area contributed by atoms with Crippen LogP contribution in [0.15, 0.2) is 0 Å². The van der Waals surface area contributed by atoms with Gasteiger partial charge in [0.15, 0.2) is 6.73 Å². The van der Waals surface area contributed by atoms with Crippen LogP contribution in [0.25, 0.3) is 0 Å². The number of aliphatic carboxylic acids is 1. The summed E-state index contributed by atoms with van der Waals surface area (Å²) in [6, 6.07) is -0.879. The Hall–Kier alpha value is -1.21. The number of carbonyl (C=O) groups is 3. The molecule has 0 aromatic heterocycles. The molecule has 1 saturated heterocycles.